The zero-order chi connectivity index (χ0) is 18.3. The van der Waals surface area contributed by atoms with E-state index in [1.165, 1.54) is 11.3 Å². The number of likely N-dealkylation sites (tertiary alicyclic amines) is 1. The van der Waals surface area contributed by atoms with E-state index in [9.17, 15) is 9.90 Å². The normalized spacial score (nSPS) is 25.8. The molecule has 4 rings (SSSR count). The van der Waals surface area contributed by atoms with E-state index in [0.717, 1.165) is 41.9 Å². The molecule has 26 heavy (non-hydrogen) atoms. The van der Waals surface area contributed by atoms with Crippen molar-refractivity contribution in [2.75, 3.05) is 13.1 Å². The van der Waals surface area contributed by atoms with Crippen LogP contribution in [0, 0.1) is 12.8 Å². The number of hydrogen-bond donors (Lipinski definition) is 1. The predicted molar refractivity (Wildman–Crippen MR) is 105 cm³/mol. The summed E-state index contributed by atoms with van der Waals surface area (Å²) in [4.78, 5) is 20.3. The van der Waals surface area contributed by atoms with E-state index in [-0.39, 0.29) is 11.8 Å². The van der Waals surface area contributed by atoms with Crippen molar-refractivity contribution < 1.29 is 9.90 Å². The Hall–Kier alpha value is -1.43. The van der Waals surface area contributed by atoms with Crippen LogP contribution in [0.5, 0.6) is 0 Å². The summed E-state index contributed by atoms with van der Waals surface area (Å²) in [5, 5.41) is 12.4. The van der Waals surface area contributed by atoms with Gasteiger partial charge in [-0.3, -0.25) is 4.79 Å². The highest BCUT2D eigenvalue weighted by Gasteiger charge is 2.44. The van der Waals surface area contributed by atoms with Gasteiger partial charge in [0.25, 0.3) is 5.91 Å². The van der Waals surface area contributed by atoms with Crippen molar-refractivity contribution in [2.45, 2.75) is 44.6 Å². The molecule has 6 heteroatoms. The lowest BCUT2D eigenvalue weighted by atomic mass is 9.71. The van der Waals surface area contributed by atoms with Gasteiger partial charge in [0.1, 0.15) is 9.88 Å². The van der Waals surface area contributed by atoms with Crippen molar-refractivity contribution >= 4 is 28.8 Å². The van der Waals surface area contributed by atoms with Crippen LogP contribution in [0.25, 0.3) is 10.6 Å². The molecule has 2 fully saturated rings. The molecule has 2 atom stereocenters. The highest BCUT2D eigenvalue weighted by atomic mass is 35.5. The summed E-state index contributed by atoms with van der Waals surface area (Å²) in [6, 6.07) is 7.53. The Kier molecular flexibility index (Phi) is 4.80. The first-order valence-corrected chi connectivity index (χ1v) is 10.4. The molecule has 1 saturated carbocycles. The number of carbonyl (C=O) groups is 1. The molecule has 4 nitrogen and oxygen atoms in total. The molecule has 0 radical (unpaired) electrons. The van der Waals surface area contributed by atoms with Gasteiger partial charge in [-0.2, -0.15) is 0 Å². The molecule has 1 aromatic carbocycles. The lowest BCUT2D eigenvalue weighted by Crippen LogP contribution is -2.54. The lowest BCUT2D eigenvalue weighted by Gasteiger charge is -2.47. The van der Waals surface area contributed by atoms with Crippen molar-refractivity contribution in [3.05, 3.63) is 39.9 Å². The van der Waals surface area contributed by atoms with Crippen molar-refractivity contribution in [1.82, 2.24) is 9.88 Å². The average molecular weight is 391 g/mol. The number of rotatable bonds is 2. The van der Waals surface area contributed by atoms with E-state index in [0.29, 0.717) is 29.4 Å². The van der Waals surface area contributed by atoms with Crippen LogP contribution in [-0.2, 0) is 0 Å². The van der Waals surface area contributed by atoms with Crippen LogP contribution in [0.2, 0.25) is 5.02 Å². The topological polar surface area (TPSA) is 53.4 Å². The summed E-state index contributed by atoms with van der Waals surface area (Å²) in [6.07, 6.45) is 4.82. The molecular weight excluding hydrogens is 368 g/mol. The number of benzene rings is 1. The van der Waals surface area contributed by atoms with Gasteiger partial charge in [-0.1, -0.05) is 36.6 Å². The Labute approximate surface area is 162 Å². The molecule has 0 bridgehead atoms. The molecular formula is C20H23ClN2O2S. The quantitative estimate of drug-likeness (QED) is 0.819. The minimum absolute atomic E-state index is 0.0489. The molecule has 1 aliphatic carbocycles. The fraction of sp³-hybridized carbons (Fsp3) is 0.500. The van der Waals surface area contributed by atoms with Gasteiger partial charge in [0, 0.05) is 29.6 Å². The second kappa shape index (κ2) is 6.95. The van der Waals surface area contributed by atoms with Gasteiger partial charge in [-0.25, -0.2) is 4.98 Å². The molecule has 1 N–H and O–H groups in total. The summed E-state index contributed by atoms with van der Waals surface area (Å²) in [5.74, 6) is 0.255. The largest absolute Gasteiger partial charge is 0.389 e. The monoisotopic (exact) mass is 390 g/mol. The molecule has 2 aliphatic rings. The second-order valence-corrected chi connectivity index (χ2v) is 8.92. The number of hydrogen-bond acceptors (Lipinski definition) is 4. The first kappa shape index (κ1) is 18.0. The molecule has 138 valence electrons. The number of fused-ring (bicyclic) bond motifs is 1. The van der Waals surface area contributed by atoms with Gasteiger partial charge in [-0.15, -0.1) is 11.3 Å². The lowest BCUT2D eigenvalue weighted by molar-refractivity contribution is -0.0885. The number of aromatic nitrogens is 1. The number of carbonyl (C=O) groups excluding carboxylic acids is 1. The number of aryl methyl sites for hydroxylation is 1. The van der Waals surface area contributed by atoms with Crippen molar-refractivity contribution in [3.8, 4) is 10.6 Å². The minimum atomic E-state index is -0.563. The SMILES string of the molecule is Cc1nc(-c2ccc(Cl)cc2)sc1C(=O)N1CC[C@@]2(O)CCCC[C@H]2C1. The Morgan fingerprint density at radius 1 is 1.31 bits per heavy atom. The first-order valence-electron chi connectivity index (χ1n) is 9.21. The Balaban J connectivity index is 1.54. The zero-order valence-electron chi connectivity index (χ0n) is 14.9. The minimum Gasteiger partial charge on any atom is -0.389 e. The first-order chi connectivity index (χ1) is 12.5. The van der Waals surface area contributed by atoms with E-state index in [1.54, 1.807) is 0 Å². The third-order valence-electron chi connectivity index (χ3n) is 5.80. The van der Waals surface area contributed by atoms with Crippen LogP contribution in [0.3, 0.4) is 0 Å². The Bertz CT molecular complexity index is 820. The maximum absolute atomic E-state index is 13.1. The van der Waals surface area contributed by atoms with Crippen molar-refractivity contribution in [2.24, 2.45) is 5.92 Å². The molecule has 1 amide bonds. The second-order valence-electron chi connectivity index (χ2n) is 7.49. The van der Waals surface area contributed by atoms with Crippen LogP contribution in [0.1, 0.15) is 47.5 Å². The van der Waals surface area contributed by atoms with Crippen LogP contribution in [0.15, 0.2) is 24.3 Å². The van der Waals surface area contributed by atoms with E-state index in [1.807, 2.05) is 36.1 Å². The van der Waals surface area contributed by atoms with Crippen LogP contribution in [0.4, 0.5) is 0 Å². The van der Waals surface area contributed by atoms with E-state index in [4.69, 9.17) is 11.6 Å². The smallest absolute Gasteiger partial charge is 0.265 e. The van der Waals surface area contributed by atoms with Gasteiger partial charge >= 0.3 is 0 Å². The summed E-state index contributed by atoms with van der Waals surface area (Å²) < 4.78 is 0. The number of thiazole rings is 1. The fourth-order valence-corrected chi connectivity index (χ4v) is 5.38. The number of aliphatic hydroxyl groups is 1. The van der Waals surface area contributed by atoms with Gasteiger partial charge in [-0.05, 0) is 38.3 Å². The summed E-state index contributed by atoms with van der Waals surface area (Å²) in [7, 11) is 0. The number of halogens is 1. The van der Waals surface area contributed by atoms with Crippen LogP contribution < -0.4 is 0 Å². The highest BCUT2D eigenvalue weighted by Crippen LogP contribution is 2.40. The summed E-state index contributed by atoms with van der Waals surface area (Å²) in [6.45, 7) is 3.17. The van der Waals surface area contributed by atoms with Crippen LogP contribution >= 0.6 is 22.9 Å². The van der Waals surface area contributed by atoms with Gasteiger partial charge in [0.2, 0.25) is 0 Å². The molecule has 1 aliphatic heterocycles. The zero-order valence-corrected chi connectivity index (χ0v) is 16.4. The number of nitrogens with zero attached hydrogens (tertiary/aromatic N) is 2. The van der Waals surface area contributed by atoms with Gasteiger partial charge in [0.05, 0.1) is 11.3 Å². The average Bonchev–Trinajstić information content (AvgIpc) is 3.02. The molecule has 1 saturated heterocycles. The van der Waals surface area contributed by atoms with Gasteiger partial charge < -0.3 is 10.0 Å². The fourth-order valence-electron chi connectivity index (χ4n) is 4.21. The third-order valence-corrected chi connectivity index (χ3v) is 7.24. The predicted octanol–water partition coefficient (Wildman–Crippen LogP) is 4.54. The van der Waals surface area contributed by atoms with Crippen molar-refractivity contribution in [1.29, 1.82) is 0 Å². The summed E-state index contributed by atoms with van der Waals surface area (Å²) in [5.41, 5.74) is 1.18. The van der Waals surface area contributed by atoms with Crippen LogP contribution in [-0.4, -0.2) is 39.6 Å². The maximum atomic E-state index is 13.1. The molecule has 2 heterocycles. The molecule has 0 spiro atoms. The van der Waals surface area contributed by atoms with E-state index in [2.05, 4.69) is 4.98 Å². The maximum Gasteiger partial charge on any atom is 0.265 e. The molecule has 2 aromatic rings. The number of amides is 1. The Morgan fingerprint density at radius 3 is 2.85 bits per heavy atom. The number of piperidine rings is 1. The summed E-state index contributed by atoms with van der Waals surface area (Å²) >= 11 is 7.40. The van der Waals surface area contributed by atoms with Crippen molar-refractivity contribution in [3.63, 3.8) is 0 Å². The Morgan fingerprint density at radius 2 is 2.08 bits per heavy atom. The third kappa shape index (κ3) is 3.28. The van der Waals surface area contributed by atoms with E-state index < -0.39 is 5.60 Å². The van der Waals surface area contributed by atoms with E-state index >= 15 is 0 Å². The molecule has 1 aromatic heterocycles. The molecule has 0 unspecified atom stereocenters. The van der Waals surface area contributed by atoms with Gasteiger partial charge in [0.15, 0.2) is 0 Å². The highest BCUT2D eigenvalue weighted by molar-refractivity contribution is 7.17. The standard InChI is InChI=1S/C20H23ClN2O2S/c1-13-17(26-18(22-13)14-5-7-16(21)8-6-14)19(24)23-11-10-20(25)9-3-2-4-15(20)12-23/h5-8,15,25H,2-4,9-12H2,1H3/t15-,20-/m0/s1.